The average molecular weight is 399 g/mol. The zero-order chi connectivity index (χ0) is 14.9. The standard InChI is InChI=1S/C18H32O2.Sn/c1-2-3-4-5-6-7-8-9-10-11-12-13-14-15-16-17-18(19)20;/h6-7,9-10H,2-5,8,11-17H2,1H3,(H,19,20);/b7-6-,10-9-;. The van der Waals surface area contributed by atoms with Crippen molar-refractivity contribution < 1.29 is 9.90 Å². The van der Waals surface area contributed by atoms with Gasteiger partial charge in [0.25, 0.3) is 0 Å². The van der Waals surface area contributed by atoms with Gasteiger partial charge in [-0.15, -0.1) is 0 Å². The number of unbranched alkanes of at least 4 members (excludes halogenated alkanes) is 8. The third-order valence-electron chi connectivity index (χ3n) is 3.34. The number of carboxylic acid groups (broad SMARTS) is 1. The number of hydrogen-bond acceptors (Lipinski definition) is 1. The van der Waals surface area contributed by atoms with Crippen LogP contribution < -0.4 is 0 Å². The van der Waals surface area contributed by atoms with E-state index in [-0.39, 0.29) is 23.9 Å². The summed E-state index contributed by atoms with van der Waals surface area (Å²) in [5, 5.41) is 8.50. The van der Waals surface area contributed by atoms with E-state index in [1.807, 2.05) is 0 Å². The predicted molar refractivity (Wildman–Crippen MR) is 92.7 cm³/mol. The molecule has 4 radical (unpaired) electrons. The second-order valence-corrected chi connectivity index (χ2v) is 5.37. The minimum atomic E-state index is -0.671. The average Bonchev–Trinajstić information content (AvgIpc) is 2.43. The molecule has 0 fully saturated rings. The molecule has 0 unspecified atom stereocenters. The van der Waals surface area contributed by atoms with E-state index in [2.05, 4.69) is 31.2 Å². The maximum Gasteiger partial charge on any atom is 0.303 e. The molecule has 0 aromatic carbocycles. The van der Waals surface area contributed by atoms with E-state index in [4.69, 9.17) is 5.11 Å². The van der Waals surface area contributed by atoms with Gasteiger partial charge < -0.3 is 5.11 Å². The van der Waals surface area contributed by atoms with E-state index in [0.29, 0.717) is 6.42 Å². The van der Waals surface area contributed by atoms with Gasteiger partial charge in [0.2, 0.25) is 0 Å². The molecule has 0 amide bonds. The minimum absolute atomic E-state index is 0. The van der Waals surface area contributed by atoms with Crippen LogP contribution in [0.15, 0.2) is 24.3 Å². The molecule has 0 aromatic rings. The van der Waals surface area contributed by atoms with Crippen molar-refractivity contribution in [2.45, 2.75) is 84.0 Å². The fourth-order valence-electron chi connectivity index (χ4n) is 2.09. The summed E-state index contributed by atoms with van der Waals surface area (Å²) >= 11 is 0. The number of aliphatic carboxylic acids is 1. The van der Waals surface area contributed by atoms with Crippen molar-refractivity contribution in [2.75, 3.05) is 0 Å². The first-order chi connectivity index (χ1) is 9.77. The summed E-state index contributed by atoms with van der Waals surface area (Å²) in [7, 11) is 0. The summed E-state index contributed by atoms with van der Waals surface area (Å²) in [6, 6.07) is 0. The molecule has 3 heteroatoms. The summed E-state index contributed by atoms with van der Waals surface area (Å²) in [6.07, 6.45) is 22.3. The van der Waals surface area contributed by atoms with Crippen LogP contribution in [0.25, 0.3) is 0 Å². The Labute approximate surface area is 148 Å². The first-order valence-corrected chi connectivity index (χ1v) is 8.29. The van der Waals surface area contributed by atoms with Crippen molar-refractivity contribution in [3.05, 3.63) is 24.3 Å². The molecule has 0 atom stereocenters. The first kappa shape index (κ1) is 23.0. The van der Waals surface area contributed by atoms with E-state index < -0.39 is 5.97 Å². The molecule has 2 nitrogen and oxygen atoms in total. The topological polar surface area (TPSA) is 37.3 Å². The normalized spacial score (nSPS) is 11.1. The first-order valence-electron chi connectivity index (χ1n) is 8.29. The van der Waals surface area contributed by atoms with Crippen LogP contribution in [0.4, 0.5) is 0 Å². The van der Waals surface area contributed by atoms with Gasteiger partial charge in [0.05, 0.1) is 0 Å². The Bertz CT molecular complexity index is 272. The molecule has 0 bridgehead atoms. The van der Waals surface area contributed by atoms with Crippen LogP contribution in [0.3, 0.4) is 0 Å². The molecular weight excluding hydrogens is 367 g/mol. The van der Waals surface area contributed by atoms with Crippen molar-refractivity contribution in [1.82, 2.24) is 0 Å². The zero-order valence-corrected chi connectivity index (χ0v) is 16.5. The monoisotopic (exact) mass is 400 g/mol. The molecule has 0 aliphatic heterocycles. The Kier molecular flexibility index (Phi) is 21.6. The second kappa shape index (κ2) is 19.7. The fraction of sp³-hybridized carbons (Fsp3) is 0.722. The summed E-state index contributed by atoms with van der Waals surface area (Å²) in [4.78, 5) is 10.3. The van der Waals surface area contributed by atoms with Crippen LogP contribution in [0.1, 0.15) is 84.0 Å². The smallest absolute Gasteiger partial charge is 0.303 e. The van der Waals surface area contributed by atoms with Gasteiger partial charge >= 0.3 is 5.97 Å². The number of rotatable bonds is 14. The Morgan fingerprint density at radius 3 is 1.90 bits per heavy atom. The molecule has 0 aromatic heterocycles. The number of carbonyl (C=O) groups is 1. The molecule has 21 heavy (non-hydrogen) atoms. The van der Waals surface area contributed by atoms with Gasteiger partial charge in [-0.1, -0.05) is 63.3 Å². The Morgan fingerprint density at radius 1 is 0.810 bits per heavy atom. The van der Waals surface area contributed by atoms with Crippen molar-refractivity contribution in [2.24, 2.45) is 0 Å². The van der Waals surface area contributed by atoms with Crippen LogP contribution in [0, 0.1) is 0 Å². The van der Waals surface area contributed by atoms with Crippen LogP contribution in [0.5, 0.6) is 0 Å². The predicted octanol–water partition coefficient (Wildman–Crippen LogP) is 5.50. The van der Waals surface area contributed by atoms with Gasteiger partial charge in [-0.25, -0.2) is 0 Å². The van der Waals surface area contributed by atoms with E-state index in [1.54, 1.807) is 0 Å². The molecule has 1 N–H and O–H groups in total. The molecule has 120 valence electrons. The maximum atomic E-state index is 10.3. The van der Waals surface area contributed by atoms with Crippen LogP contribution in [0.2, 0.25) is 0 Å². The SMILES string of the molecule is CCCCC/C=C\C/C=C\CCCCCCCC(=O)O.[Sn]. The number of allylic oxidation sites excluding steroid dienone is 4. The summed E-state index contributed by atoms with van der Waals surface area (Å²) in [5.74, 6) is -0.671. The van der Waals surface area contributed by atoms with Gasteiger partial charge in [-0.3, -0.25) is 4.79 Å². The third kappa shape index (κ3) is 22.2. The van der Waals surface area contributed by atoms with Crippen LogP contribution >= 0.6 is 0 Å². The molecule has 0 aliphatic carbocycles. The van der Waals surface area contributed by atoms with Gasteiger partial charge in [0, 0.05) is 30.3 Å². The third-order valence-corrected chi connectivity index (χ3v) is 3.34. The Balaban J connectivity index is 0. The molecule has 0 spiro atoms. The minimum Gasteiger partial charge on any atom is -0.481 e. The fourth-order valence-corrected chi connectivity index (χ4v) is 2.09. The Hall–Kier alpha value is -0.251. The largest absolute Gasteiger partial charge is 0.481 e. The van der Waals surface area contributed by atoms with E-state index in [1.165, 1.54) is 44.9 Å². The molecule has 0 aliphatic rings. The Morgan fingerprint density at radius 2 is 1.33 bits per heavy atom. The summed E-state index contributed by atoms with van der Waals surface area (Å²) in [5.41, 5.74) is 0. The second-order valence-electron chi connectivity index (χ2n) is 5.37. The van der Waals surface area contributed by atoms with Gasteiger partial charge in [-0.2, -0.15) is 0 Å². The van der Waals surface area contributed by atoms with Crippen molar-refractivity contribution >= 4 is 29.9 Å². The summed E-state index contributed by atoms with van der Waals surface area (Å²) < 4.78 is 0. The number of carboxylic acids is 1. The molecule has 0 rings (SSSR count). The van der Waals surface area contributed by atoms with E-state index in [0.717, 1.165) is 25.7 Å². The summed E-state index contributed by atoms with van der Waals surface area (Å²) in [6.45, 7) is 2.23. The number of hydrogen-bond donors (Lipinski definition) is 1. The van der Waals surface area contributed by atoms with Crippen LogP contribution in [-0.2, 0) is 4.79 Å². The van der Waals surface area contributed by atoms with Crippen molar-refractivity contribution in [3.8, 4) is 0 Å². The van der Waals surface area contributed by atoms with Crippen molar-refractivity contribution in [3.63, 3.8) is 0 Å². The van der Waals surface area contributed by atoms with Crippen molar-refractivity contribution in [1.29, 1.82) is 0 Å². The molecule has 0 saturated heterocycles. The quantitative estimate of drug-likeness (QED) is 0.238. The van der Waals surface area contributed by atoms with Gasteiger partial charge in [0.15, 0.2) is 0 Å². The maximum absolute atomic E-state index is 10.3. The molecular formula is C18H32O2Sn. The zero-order valence-electron chi connectivity index (χ0n) is 13.7. The van der Waals surface area contributed by atoms with E-state index >= 15 is 0 Å². The van der Waals surface area contributed by atoms with E-state index in [9.17, 15) is 4.79 Å². The van der Waals surface area contributed by atoms with Gasteiger partial charge in [-0.05, 0) is 38.5 Å². The molecule has 0 heterocycles. The van der Waals surface area contributed by atoms with Crippen LogP contribution in [-0.4, -0.2) is 35.0 Å². The molecule has 0 saturated carbocycles. The van der Waals surface area contributed by atoms with Gasteiger partial charge in [0.1, 0.15) is 0 Å².